The maximum absolute atomic E-state index is 11.3. The van der Waals surface area contributed by atoms with Crippen molar-refractivity contribution in [3.63, 3.8) is 0 Å². The van der Waals surface area contributed by atoms with E-state index in [9.17, 15) is 4.79 Å². The summed E-state index contributed by atoms with van der Waals surface area (Å²) in [7, 11) is 1.57. The number of rotatable bonds is 3. The average Bonchev–Trinajstić information content (AvgIpc) is 2.19. The highest BCUT2D eigenvalue weighted by molar-refractivity contribution is 5.70. The van der Waals surface area contributed by atoms with Crippen molar-refractivity contribution in [2.75, 3.05) is 20.2 Å². The first kappa shape index (κ1) is 10.5. The summed E-state index contributed by atoms with van der Waals surface area (Å²) in [6, 6.07) is 8.81. The zero-order valence-corrected chi connectivity index (χ0v) is 8.01. The SMILES string of the molecule is CN(CCO)C(=O)Oc1ccccc1. The fourth-order valence-corrected chi connectivity index (χ4v) is 0.909. The van der Waals surface area contributed by atoms with Gasteiger partial charge in [0.25, 0.3) is 0 Å². The molecule has 0 spiro atoms. The molecule has 0 aromatic heterocycles. The molecule has 0 saturated heterocycles. The van der Waals surface area contributed by atoms with Crippen LogP contribution in [0.2, 0.25) is 0 Å². The molecule has 76 valence electrons. The highest BCUT2D eigenvalue weighted by Gasteiger charge is 2.09. The fraction of sp³-hybridized carbons (Fsp3) is 0.300. The Balaban J connectivity index is 2.49. The van der Waals surface area contributed by atoms with E-state index in [1.54, 1.807) is 31.3 Å². The van der Waals surface area contributed by atoms with Gasteiger partial charge >= 0.3 is 6.09 Å². The van der Waals surface area contributed by atoms with Gasteiger partial charge in [-0.25, -0.2) is 4.79 Å². The second kappa shape index (κ2) is 5.24. The number of hydrogen-bond donors (Lipinski definition) is 1. The van der Waals surface area contributed by atoms with Gasteiger partial charge in [-0.1, -0.05) is 18.2 Å². The van der Waals surface area contributed by atoms with Crippen LogP contribution < -0.4 is 4.74 Å². The van der Waals surface area contributed by atoms with Gasteiger partial charge in [-0.15, -0.1) is 0 Å². The van der Waals surface area contributed by atoms with Gasteiger partial charge in [0, 0.05) is 13.6 Å². The minimum atomic E-state index is -0.467. The second-order valence-electron chi connectivity index (χ2n) is 2.83. The van der Waals surface area contributed by atoms with Crippen LogP contribution in [0.25, 0.3) is 0 Å². The average molecular weight is 195 g/mol. The molecule has 0 aliphatic rings. The number of aliphatic hydroxyl groups is 1. The Morgan fingerprint density at radius 1 is 1.43 bits per heavy atom. The van der Waals surface area contributed by atoms with E-state index >= 15 is 0 Å². The van der Waals surface area contributed by atoms with Crippen LogP contribution in [0.3, 0.4) is 0 Å². The van der Waals surface area contributed by atoms with Crippen LogP contribution in [0.1, 0.15) is 0 Å². The summed E-state index contributed by atoms with van der Waals surface area (Å²) in [5, 5.41) is 8.60. The maximum atomic E-state index is 11.3. The minimum absolute atomic E-state index is 0.0691. The van der Waals surface area contributed by atoms with Gasteiger partial charge in [-0.05, 0) is 12.1 Å². The number of hydrogen-bond acceptors (Lipinski definition) is 3. The van der Waals surface area contributed by atoms with Crippen LogP contribution in [-0.4, -0.2) is 36.3 Å². The van der Waals surface area contributed by atoms with Crippen molar-refractivity contribution in [1.82, 2.24) is 4.90 Å². The number of benzene rings is 1. The second-order valence-corrected chi connectivity index (χ2v) is 2.83. The lowest BCUT2D eigenvalue weighted by molar-refractivity contribution is 0.150. The third-order valence-electron chi connectivity index (χ3n) is 1.70. The Labute approximate surface area is 82.7 Å². The standard InChI is InChI=1S/C10H13NO3/c1-11(7-8-12)10(13)14-9-5-3-2-4-6-9/h2-6,12H,7-8H2,1H3. The first-order valence-corrected chi connectivity index (χ1v) is 4.33. The molecular formula is C10H13NO3. The van der Waals surface area contributed by atoms with Crippen molar-refractivity contribution in [2.45, 2.75) is 0 Å². The Morgan fingerprint density at radius 2 is 2.07 bits per heavy atom. The molecule has 1 N–H and O–H groups in total. The molecule has 1 rings (SSSR count). The van der Waals surface area contributed by atoms with Crippen molar-refractivity contribution >= 4 is 6.09 Å². The van der Waals surface area contributed by atoms with Crippen LogP contribution in [-0.2, 0) is 0 Å². The van der Waals surface area contributed by atoms with Gasteiger partial charge in [-0.2, -0.15) is 0 Å². The summed E-state index contributed by atoms with van der Waals surface area (Å²) in [5.41, 5.74) is 0. The summed E-state index contributed by atoms with van der Waals surface area (Å²) >= 11 is 0. The molecule has 0 saturated carbocycles. The van der Waals surface area contributed by atoms with E-state index in [2.05, 4.69) is 0 Å². The number of para-hydroxylation sites is 1. The number of carbonyl (C=O) groups excluding carboxylic acids is 1. The number of ether oxygens (including phenoxy) is 1. The highest BCUT2D eigenvalue weighted by atomic mass is 16.6. The van der Waals surface area contributed by atoms with E-state index in [0.717, 1.165) is 0 Å². The number of likely N-dealkylation sites (N-methyl/N-ethyl adjacent to an activating group) is 1. The Hall–Kier alpha value is -1.55. The van der Waals surface area contributed by atoms with E-state index in [4.69, 9.17) is 9.84 Å². The molecule has 0 unspecified atom stereocenters. The number of amides is 1. The first-order chi connectivity index (χ1) is 6.74. The molecular weight excluding hydrogens is 182 g/mol. The summed E-state index contributed by atoms with van der Waals surface area (Å²) in [5.74, 6) is 0.502. The summed E-state index contributed by atoms with van der Waals surface area (Å²) in [6.07, 6.45) is -0.467. The molecule has 1 amide bonds. The zero-order chi connectivity index (χ0) is 10.4. The monoisotopic (exact) mass is 195 g/mol. The molecule has 0 bridgehead atoms. The van der Waals surface area contributed by atoms with Gasteiger partial charge in [0.1, 0.15) is 5.75 Å². The van der Waals surface area contributed by atoms with E-state index in [0.29, 0.717) is 5.75 Å². The lowest BCUT2D eigenvalue weighted by Crippen LogP contribution is -2.32. The highest BCUT2D eigenvalue weighted by Crippen LogP contribution is 2.09. The van der Waals surface area contributed by atoms with E-state index in [1.807, 2.05) is 6.07 Å². The largest absolute Gasteiger partial charge is 0.415 e. The minimum Gasteiger partial charge on any atom is -0.410 e. The molecule has 0 aliphatic heterocycles. The Kier molecular flexibility index (Phi) is 3.94. The molecule has 4 heteroatoms. The molecule has 1 aromatic carbocycles. The predicted octanol–water partition coefficient (Wildman–Crippen LogP) is 1.11. The Morgan fingerprint density at radius 3 is 2.64 bits per heavy atom. The van der Waals surface area contributed by atoms with Crippen molar-refractivity contribution in [3.8, 4) is 5.75 Å². The molecule has 1 aromatic rings. The van der Waals surface area contributed by atoms with Crippen LogP contribution >= 0.6 is 0 Å². The van der Waals surface area contributed by atoms with Gasteiger partial charge in [0.2, 0.25) is 0 Å². The topological polar surface area (TPSA) is 49.8 Å². The third-order valence-corrected chi connectivity index (χ3v) is 1.70. The first-order valence-electron chi connectivity index (χ1n) is 4.33. The normalized spacial score (nSPS) is 9.57. The van der Waals surface area contributed by atoms with Crippen molar-refractivity contribution in [1.29, 1.82) is 0 Å². The number of carbonyl (C=O) groups is 1. The summed E-state index contributed by atoms with van der Waals surface area (Å²) in [6.45, 7) is 0.200. The maximum Gasteiger partial charge on any atom is 0.415 e. The molecule has 4 nitrogen and oxygen atoms in total. The van der Waals surface area contributed by atoms with E-state index in [-0.39, 0.29) is 13.2 Å². The molecule has 0 heterocycles. The molecule has 0 radical (unpaired) electrons. The lowest BCUT2D eigenvalue weighted by atomic mass is 10.3. The van der Waals surface area contributed by atoms with Crippen LogP contribution in [0, 0.1) is 0 Å². The van der Waals surface area contributed by atoms with E-state index in [1.165, 1.54) is 4.90 Å². The van der Waals surface area contributed by atoms with E-state index < -0.39 is 6.09 Å². The van der Waals surface area contributed by atoms with Gasteiger partial charge in [0.15, 0.2) is 0 Å². The smallest absolute Gasteiger partial charge is 0.410 e. The van der Waals surface area contributed by atoms with Crippen LogP contribution in [0.4, 0.5) is 4.79 Å². The predicted molar refractivity (Wildman–Crippen MR) is 52.2 cm³/mol. The van der Waals surface area contributed by atoms with Crippen molar-refractivity contribution in [3.05, 3.63) is 30.3 Å². The van der Waals surface area contributed by atoms with Crippen molar-refractivity contribution in [2.24, 2.45) is 0 Å². The molecule has 0 fully saturated rings. The van der Waals surface area contributed by atoms with Crippen molar-refractivity contribution < 1.29 is 14.6 Å². The lowest BCUT2D eigenvalue weighted by Gasteiger charge is -2.14. The summed E-state index contributed by atoms with van der Waals surface area (Å²) in [4.78, 5) is 12.6. The Bertz CT molecular complexity index is 287. The number of aliphatic hydroxyl groups excluding tert-OH is 1. The third kappa shape index (κ3) is 3.06. The summed E-state index contributed by atoms with van der Waals surface area (Å²) < 4.78 is 5.00. The molecule has 0 atom stereocenters. The van der Waals surface area contributed by atoms with Crippen LogP contribution in [0.15, 0.2) is 30.3 Å². The van der Waals surface area contributed by atoms with Gasteiger partial charge in [-0.3, -0.25) is 0 Å². The fourth-order valence-electron chi connectivity index (χ4n) is 0.909. The number of nitrogens with zero attached hydrogens (tertiary/aromatic N) is 1. The van der Waals surface area contributed by atoms with Crippen LogP contribution in [0.5, 0.6) is 5.75 Å². The van der Waals surface area contributed by atoms with Gasteiger partial charge in [0.05, 0.1) is 6.61 Å². The molecule has 14 heavy (non-hydrogen) atoms. The van der Waals surface area contributed by atoms with Gasteiger partial charge < -0.3 is 14.7 Å². The zero-order valence-electron chi connectivity index (χ0n) is 8.01. The molecule has 0 aliphatic carbocycles. The quantitative estimate of drug-likeness (QED) is 0.786.